The van der Waals surface area contributed by atoms with E-state index >= 15 is 0 Å². The molecule has 0 amide bonds. The van der Waals surface area contributed by atoms with Crippen LogP contribution in [0.5, 0.6) is 0 Å². The Morgan fingerprint density at radius 1 is 1.21 bits per heavy atom. The van der Waals surface area contributed by atoms with Gasteiger partial charge in [-0.2, -0.15) is 0 Å². The molecule has 1 rings (SSSR count). The minimum Gasteiger partial charge on any atom is -0.327 e. The molecule has 14 heavy (non-hydrogen) atoms. The first-order valence-corrected chi connectivity index (χ1v) is 6.07. The maximum atomic E-state index is 5.83. The molecule has 0 saturated carbocycles. The fourth-order valence-electron chi connectivity index (χ4n) is 2.44. The van der Waals surface area contributed by atoms with Crippen LogP contribution in [-0.4, -0.2) is 30.6 Å². The Hall–Kier alpha value is -0.0800. The third kappa shape index (κ3) is 3.97. The summed E-state index contributed by atoms with van der Waals surface area (Å²) in [5.41, 5.74) is 5.83. The SMILES string of the molecule is CC(C)C1CCCN(C[C@H](C)N)CC1. The van der Waals surface area contributed by atoms with E-state index in [4.69, 9.17) is 5.73 Å². The predicted octanol–water partition coefficient (Wildman–Crippen LogP) is 2.09. The van der Waals surface area contributed by atoms with Crippen LogP contribution in [-0.2, 0) is 0 Å². The van der Waals surface area contributed by atoms with Crippen LogP contribution < -0.4 is 5.73 Å². The fraction of sp³-hybridized carbons (Fsp3) is 1.00. The third-order valence-electron chi connectivity index (χ3n) is 3.35. The molecule has 1 fully saturated rings. The Balaban J connectivity index is 2.33. The second-order valence-electron chi connectivity index (χ2n) is 5.21. The van der Waals surface area contributed by atoms with Gasteiger partial charge in [-0.15, -0.1) is 0 Å². The average Bonchev–Trinajstić information content (AvgIpc) is 2.28. The number of hydrogen-bond acceptors (Lipinski definition) is 2. The first-order chi connectivity index (χ1) is 6.59. The van der Waals surface area contributed by atoms with E-state index in [2.05, 4.69) is 25.7 Å². The van der Waals surface area contributed by atoms with Gasteiger partial charge in [-0.05, 0) is 51.1 Å². The van der Waals surface area contributed by atoms with Crippen molar-refractivity contribution in [2.24, 2.45) is 17.6 Å². The molecule has 1 saturated heterocycles. The first-order valence-electron chi connectivity index (χ1n) is 6.07. The van der Waals surface area contributed by atoms with E-state index in [-0.39, 0.29) is 0 Å². The Kier molecular flexibility index (Phi) is 4.90. The van der Waals surface area contributed by atoms with Gasteiger partial charge in [0.05, 0.1) is 0 Å². The van der Waals surface area contributed by atoms with Gasteiger partial charge >= 0.3 is 0 Å². The van der Waals surface area contributed by atoms with E-state index in [1.165, 1.54) is 32.4 Å². The lowest BCUT2D eigenvalue weighted by Crippen LogP contribution is -2.36. The molecule has 1 unspecified atom stereocenters. The molecule has 2 nitrogen and oxygen atoms in total. The lowest BCUT2D eigenvalue weighted by atomic mass is 9.89. The van der Waals surface area contributed by atoms with Crippen LogP contribution in [0.15, 0.2) is 0 Å². The molecule has 0 radical (unpaired) electrons. The van der Waals surface area contributed by atoms with E-state index in [0.717, 1.165) is 18.4 Å². The van der Waals surface area contributed by atoms with Gasteiger partial charge in [-0.25, -0.2) is 0 Å². The normalized spacial score (nSPS) is 27.6. The lowest BCUT2D eigenvalue weighted by Gasteiger charge is -2.22. The summed E-state index contributed by atoms with van der Waals surface area (Å²) < 4.78 is 0. The van der Waals surface area contributed by atoms with E-state index in [1.807, 2.05) is 0 Å². The molecule has 0 aliphatic carbocycles. The van der Waals surface area contributed by atoms with Crippen molar-refractivity contribution in [1.29, 1.82) is 0 Å². The van der Waals surface area contributed by atoms with E-state index in [0.29, 0.717) is 6.04 Å². The quantitative estimate of drug-likeness (QED) is 0.752. The molecule has 2 heteroatoms. The molecule has 0 bridgehead atoms. The van der Waals surface area contributed by atoms with Gasteiger partial charge in [0, 0.05) is 12.6 Å². The van der Waals surface area contributed by atoms with Crippen LogP contribution in [0.1, 0.15) is 40.0 Å². The molecule has 1 heterocycles. The standard InChI is InChI=1S/C12H26N2/c1-10(2)12-5-4-7-14(8-6-12)9-11(3)13/h10-12H,4-9,13H2,1-3H3/t11-,12?/m0/s1. The van der Waals surface area contributed by atoms with Crippen LogP contribution in [0.25, 0.3) is 0 Å². The highest BCUT2D eigenvalue weighted by Crippen LogP contribution is 2.24. The Morgan fingerprint density at radius 3 is 2.50 bits per heavy atom. The van der Waals surface area contributed by atoms with E-state index in [9.17, 15) is 0 Å². The monoisotopic (exact) mass is 198 g/mol. The minimum atomic E-state index is 0.325. The predicted molar refractivity (Wildman–Crippen MR) is 62.3 cm³/mol. The molecular weight excluding hydrogens is 172 g/mol. The van der Waals surface area contributed by atoms with Crippen LogP contribution in [0.3, 0.4) is 0 Å². The van der Waals surface area contributed by atoms with Crippen LogP contribution in [0, 0.1) is 11.8 Å². The van der Waals surface area contributed by atoms with Gasteiger partial charge in [0.25, 0.3) is 0 Å². The average molecular weight is 198 g/mol. The van der Waals surface area contributed by atoms with Gasteiger partial charge in [-0.3, -0.25) is 0 Å². The minimum absolute atomic E-state index is 0.325. The smallest absolute Gasteiger partial charge is 0.0139 e. The molecule has 2 atom stereocenters. The Bertz CT molecular complexity index is 154. The molecule has 2 N–H and O–H groups in total. The molecule has 0 aromatic rings. The second kappa shape index (κ2) is 5.72. The van der Waals surface area contributed by atoms with Gasteiger partial charge < -0.3 is 10.6 Å². The molecule has 0 aromatic heterocycles. The zero-order valence-corrected chi connectivity index (χ0v) is 10.00. The van der Waals surface area contributed by atoms with Gasteiger partial charge in [0.15, 0.2) is 0 Å². The maximum absolute atomic E-state index is 5.83. The van der Waals surface area contributed by atoms with Crippen LogP contribution in [0.4, 0.5) is 0 Å². The van der Waals surface area contributed by atoms with E-state index in [1.54, 1.807) is 0 Å². The summed E-state index contributed by atoms with van der Waals surface area (Å²) in [5, 5.41) is 0. The second-order valence-corrected chi connectivity index (χ2v) is 5.21. The molecule has 1 aliphatic rings. The number of hydrogen-bond donors (Lipinski definition) is 1. The Labute approximate surface area is 88.8 Å². The molecule has 84 valence electrons. The van der Waals surface area contributed by atoms with Crippen molar-refractivity contribution in [3.05, 3.63) is 0 Å². The zero-order chi connectivity index (χ0) is 10.6. The highest BCUT2D eigenvalue weighted by Gasteiger charge is 2.19. The number of nitrogens with zero attached hydrogens (tertiary/aromatic N) is 1. The Morgan fingerprint density at radius 2 is 1.93 bits per heavy atom. The lowest BCUT2D eigenvalue weighted by molar-refractivity contribution is 0.261. The highest BCUT2D eigenvalue weighted by molar-refractivity contribution is 4.73. The summed E-state index contributed by atoms with van der Waals surface area (Å²) in [6.07, 6.45) is 4.13. The molecule has 0 spiro atoms. The summed E-state index contributed by atoms with van der Waals surface area (Å²) in [4.78, 5) is 2.53. The maximum Gasteiger partial charge on any atom is 0.0139 e. The topological polar surface area (TPSA) is 29.3 Å². The van der Waals surface area contributed by atoms with Gasteiger partial charge in [0.2, 0.25) is 0 Å². The number of rotatable bonds is 3. The molecule has 0 aromatic carbocycles. The largest absolute Gasteiger partial charge is 0.327 e. The summed E-state index contributed by atoms with van der Waals surface area (Å²) >= 11 is 0. The van der Waals surface area contributed by atoms with Gasteiger partial charge in [0.1, 0.15) is 0 Å². The number of nitrogens with two attached hydrogens (primary N) is 1. The third-order valence-corrected chi connectivity index (χ3v) is 3.35. The number of likely N-dealkylation sites (tertiary alicyclic amines) is 1. The van der Waals surface area contributed by atoms with Crippen molar-refractivity contribution >= 4 is 0 Å². The van der Waals surface area contributed by atoms with Crippen molar-refractivity contribution in [1.82, 2.24) is 4.90 Å². The van der Waals surface area contributed by atoms with Crippen molar-refractivity contribution < 1.29 is 0 Å². The fourth-order valence-corrected chi connectivity index (χ4v) is 2.44. The summed E-state index contributed by atoms with van der Waals surface area (Å²) in [6.45, 7) is 10.4. The van der Waals surface area contributed by atoms with Crippen molar-refractivity contribution in [3.63, 3.8) is 0 Å². The zero-order valence-electron chi connectivity index (χ0n) is 10.00. The highest BCUT2D eigenvalue weighted by atomic mass is 15.1. The van der Waals surface area contributed by atoms with Crippen molar-refractivity contribution in [2.75, 3.05) is 19.6 Å². The van der Waals surface area contributed by atoms with E-state index < -0.39 is 0 Å². The van der Waals surface area contributed by atoms with Gasteiger partial charge in [-0.1, -0.05) is 13.8 Å². The summed E-state index contributed by atoms with van der Waals surface area (Å²) in [7, 11) is 0. The van der Waals surface area contributed by atoms with Crippen molar-refractivity contribution in [3.8, 4) is 0 Å². The van der Waals surface area contributed by atoms with Crippen molar-refractivity contribution in [2.45, 2.75) is 46.1 Å². The van der Waals surface area contributed by atoms with Crippen LogP contribution in [0.2, 0.25) is 0 Å². The van der Waals surface area contributed by atoms with Crippen LogP contribution >= 0.6 is 0 Å². The molecule has 1 aliphatic heterocycles. The summed E-state index contributed by atoms with van der Waals surface area (Å²) in [6, 6.07) is 0.325. The summed E-state index contributed by atoms with van der Waals surface area (Å²) in [5.74, 6) is 1.79. The first kappa shape index (κ1) is 12.0. The molecular formula is C12H26N2.